The van der Waals surface area contributed by atoms with E-state index in [4.69, 9.17) is 16.3 Å². The monoisotopic (exact) mass is 380 g/mol. The van der Waals surface area contributed by atoms with Gasteiger partial charge in [-0.25, -0.2) is 5.43 Å². The number of rotatable bonds is 5. The quantitative estimate of drug-likeness (QED) is 0.621. The van der Waals surface area contributed by atoms with Gasteiger partial charge in [0, 0.05) is 20.6 Å². The van der Waals surface area contributed by atoms with Crippen molar-refractivity contribution in [2.45, 2.75) is 6.92 Å². The Labute approximate surface area is 142 Å². The normalized spacial score (nSPS) is 10.7. The number of benzene rings is 2. The van der Waals surface area contributed by atoms with Crippen molar-refractivity contribution in [3.8, 4) is 5.75 Å². The smallest absolute Gasteiger partial charge is 0.271 e. The van der Waals surface area contributed by atoms with Crippen molar-refractivity contribution in [1.29, 1.82) is 0 Å². The molecule has 0 fully saturated rings. The van der Waals surface area contributed by atoms with Gasteiger partial charge in [-0.15, -0.1) is 0 Å². The van der Waals surface area contributed by atoms with Crippen LogP contribution in [-0.2, 0) is 0 Å². The Bertz CT molecular complexity index is 687. The molecule has 0 saturated carbocycles. The molecule has 4 nitrogen and oxygen atoms in total. The van der Waals surface area contributed by atoms with Crippen LogP contribution in [-0.4, -0.2) is 18.7 Å². The third-order valence-electron chi connectivity index (χ3n) is 2.75. The number of amides is 1. The number of nitrogens with one attached hydrogen (secondary N) is 1. The molecule has 1 amide bonds. The molecular formula is C16H14BrClN2O2. The lowest BCUT2D eigenvalue weighted by Crippen LogP contribution is -2.17. The summed E-state index contributed by atoms with van der Waals surface area (Å²) in [6.07, 6.45) is 1.55. The number of hydrogen-bond acceptors (Lipinski definition) is 3. The number of hydrogen-bond donors (Lipinski definition) is 1. The molecule has 0 aliphatic rings. The summed E-state index contributed by atoms with van der Waals surface area (Å²) in [5, 5.41) is 4.55. The Morgan fingerprint density at radius 1 is 1.32 bits per heavy atom. The third-order valence-corrected chi connectivity index (χ3v) is 3.49. The molecule has 0 heterocycles. The minimum atomic E-state index is -0.305. The standard InChI is InChI=1S/C16H14BrClN2O2/c1-2-22-15-8-5-13(17)9-12(15)10-19-20-16(21)11-3-6-14(18)7-4-11/h3-10H,2H2,1H3,(H,20,21). The zero-order valence-corrected chi connectivity index (χ0v) is 14.2. The van der Waals surface area contributed by atoms with Gasteiger partial charge in [0.15, 0.2) is 0 Å². The van der Waals surface area contributed by atoms with Crippen molar-refractivity contribution in [3.05, 3.63) is 63.1 Å². The minimum Gasteiger partial charge on any atom is -0.493 e. The number of hydrazone groups is 1. The Hall–Kier alpha value is -1.85. The predicted octanol–water partition coefficient (Wildman–Crippen LogP) is 4.27. The van der Waals surface area contributed by atoms with E-state index >= 15 is 0 Å². The highest BCUT2D eigenvalue weighted by Crippen LogP contribution is 2.21. The van der Waals surface area contributed by atoms with Crippen molar-refractivity contribution in [2.75, 3.05) is 6.61 Å². The van der Waals surface area contributed by atoms with Crippen LogP contribution in [0.2, 0.25) is 5.02 Å². The van der Waals surface area contributed by atoms with Crippen LogP contribution in [0.5, 0.6) is 5.75 Å². The van der Waals surface area contributed by atoms with Gasteiger partial charge in [-0.1, -0.05) is 27.5 Å². The molecule has 0 saturated heterocycles. The molecule has 0 spiro atoms. The molecule has 0 aliphatic carbocycles. The molecular weight excluding hydrogens is 368 g/mol. The number of halogens is 2. The molecule has 114 valence electrons. The van der Waals surface area contributed by atoms with E-state index in [9.17, 15) is 4.79 Å². The molecule has 22 heavy (non-hydrogen) atoms. The van der Waals surface area contributed by atoms with Crippen LogP contribution in [0.25, 0.3) is 0 Å². The van der Waals surface area contributed by atoms with Crippen molar-refractivity contribution in [2.24, 2.45) is 5.10 Å². The summed E-state index contributed by atoms with van der Waals surface area (Å²) < 4.78 is 6.41. The minimum absolute atomic E-state index is 0.305. The second kappa shape index (κ2) is 7.96. The van der Waals surface area contributed by atoms with Crippen LogP contribution in [0.4, 0.5) is 0 Å². The number of nitrogens with zero attached hydrogens (tertiary/aromatic N) is 1. The molecule has 2 rings (SSSR count). The molecule has 0 atom stereocenters. The zero-order valence-electron chi connectivity index (χ0n) is 11.8. The van der Waals surface area contributed by atoms with Gasteiger partial charge in [0.1, 0.15) is 5.75 Å². The van der Waals surface area contributed by atoms with Crippen molar-refractivity contribution in [1.82, 2.24) is 5.43 Å². The lowest BCUT2D eigenvalue weighted by Gasteiger charge is -2.07. The highest BCUT2D eigenvalue weighted by atomic mass is 79.9. The Kier molecular flexibility index (Phi) is 5.98. The van der Waals surface area contributed by atoms with Crippen molar-refractivity contribution in [3.63, 3.8) is 0 Å². The first kappa shape index (κ1) is 16.5. The molecule has 1 N–H and O–H groups in total. The van der Waals surface area contributed by atoms with Crippen LogP contribution in [0, 0.1) is 0 Å². The second-order valence-electron chi connectivity index (χ2n) is 4.32. The average molecular weight is 382 g/mol. The summed E-state index contributed by atoms with van der Waals surface area (Å²) in [6.45, 7) is 2.46. The molecule has 0 bridgehead atoms. The largest absolute Gasteiger partial charge is 0.493 e. The first-order valence-corrected chi connectivity index (χ1v) is 7.78. The fourth-order valence-electron chi connectivity index (χ4n) is 1.73. The Balaban J connectivity index is 2.07. The Morgan fingerprint density at radius 2 is 2.05 bits per heavy atom. The zero-order chi connectivity index (χ0) is 15.9. The van der Waals surface area contributed by atoms with Gasteiger partial charge in [-0.2, -0.15) is 5.10 Å². The molecule has 6 heteroatoms. The molecule has 0 unspecified atom stereocenters. The molecule has 0 radical (unpaired) electrons. The molecule has 2 aromatic carbocycles. The number of carbonyl (C=O) groups is 1. The Morgan fingerprint density at radius 3 is 2.73 bits per heavy atom. The van der Waals surface area contributed by atoms with Gasteiger partial charge in [0.25, 0.3) is 5.91 Å². The van der Waals surface area contributed by atoms with E-state index in [1.807, 2.05) is 25.1 Å². The van der Waals surface area contributed by atoms with Gasteiger partial charge < -0.3 is 4.74 Å². The van der Waals surface area contributed by atoms with Crippen LogP contribution in [0.1, 0.15) is 22.8 Å². The lowest BCUT2D eigenvalue weighted by atomic mass is 10.2. The third kappa shape index (κ3) is 4.58. The van der Waals surface area contributed by atoms with Gasteiger partial charge in [0.2, 0.25) is 0 Å². The summed E-state index contributed by atoms with van der Waals surface area (Å²) in [5.74, 6) is 0.399. The van der Waals surface area contributed by atoms with Gasteiger partial charge in [0.05, 0.1) is 12.8 Å². The van der Waals surface area contributed by atoms with Crippen LogP contribution >= 0.6 is 27.5 Å². The summed E-state index contributed by atoms with van der Waals surface area (Å²) in [7, 11) is 0. The fraction of sp³-hybridized carbons (Fsp3) is 0.125. The number of carbonyl (C=O) groups excluding carboxylic acids is 1. The fourth-order valence-corrected chi connectivity index (χ4v) is 2.24. The van der Waals surface area contributed by atoms with E-state index in [1.165, 1.54) is 0 Å². The van der Waals surface area contributed by atoms with E-state index in [1.54, 1.807) is 30.5 Å². The van der Waals surface area contributed by atoms with E-state index in [-0.39, 0.29) is 5.91 Å². The lowest BCUT2D eigenvalue weighted by molar-refractivity contribution is 0.0955. The summed E-state index contributed by atoms with van der Waals surface area (Å²) >= 11 is 9.18. The van der Waals surface area contributed by atoms with E-state index in [0.29, 0.717) is 22.9 Å². The van der Waals surface area contributed by atoms with Gasteiger partial charge >= 0.3 is 0 Å². The highest BCUT2D eigenvalue weighted by molar-refractivity contribution is 9.10. The van der Waals surface area contributed by atoms with Crippen molar-refractivity contribution < 1.29 is 9.53 Å². The molecule has 0 aliphatic heterocycles. The summed E-state index contributed by atoms with van der Waals surface area (Å²) in [5.41, 5.74) is 3.73. The SMILES string of the molecule is CCOc1ccc(Br)cc1C=NNC(=O)c1ccc(Cl)cc1. The van der Waals surface area contributed by atoms with Crippen molar-refractivity contribution >= 4 is 39.7 Å². The summed E-state index contributed by atoms with van der Waals surface area (Å²) in [6, 6.07) is 12.2. The van der Waals surface area contributed by atoms with E-state index < -0.39 is 0 Å². The van der Waals surface area contributed by atoms with E-state index in [0.717, 1.165) is 10.0 Å². The van der Waals surface area contributed by atoms with Crippen LogP contribution < -0.4 is 10.2 Å². The summed E-state index contributed by atoms with van der Waals surface area (Å²) in [4.78, 5) is 11.9. The van der Waals surface area contributed by atoms with Gasteiger partial charge in [-0.05, 0) is 49.4 Å². The highest BCUT2D eigenvalue weighted by Gasteiger charge is 2.05. The second-order valence-corrected chi connectivity index (χ2v) is 5.67. The number of ether oxygens (including phenoxy) is 1. The van der Waals surface area contributed by atoms with Crippen LogP contribution in [0.3, 0.4) is 0 Å². The van der Waals surface area contributed by atoms with Crippen LogP contribution in [0.15, 0.2) is 52.0 Å². The molecule has 0 aromatic heterocycles. The maximum atomic E-state index is 11.9. The first-order chi connectivity index (χ1) is 10.6. The average Bonchev–Trinajstić information content (AvgIpc) is 2.50. The van der Waals surface area contributed by atoms with Gasteiger partial charge in [-0.3, -0.25) is 4.79 Å². The topological polar surface area (TPSA) is 50.7 Å². The maximum absolute atomic E-state index is 11.9. The molecule has 2 aromatic rings. The maximum Gasteiger partial charge on any atom is 0.271 e. The van der Waals surface area contributed by atoms with E-state index in [2.05, 4.69) is 26.5 Å². The predicted molar refractivity (Wildman–Crippen MR) is 91.8 cm³/mol. The first-order valence-electron chi connectivity index (χ1n) is 6.61.